The first-order chi connectivity index (χ1) is 16.1. The molecule has 0 aliphatic carbocycles. The molecule has 0 radical (unpaired) electrons. The number of aromatic nitrogens is 2. The Kier molecular flexibility index (Phi) is 6.47. The molecule has 1 amide bonds. The van der Waals surface area contributed by atoms with Crippen molar-refractivity contribution in [2.45, 2.75) is 40.3 Å². The van der Waals surface area contributed by atoms with Crippen molar-refractivity contribution in [3.05, 3.63) is 68.8 Å². The third-order valence-corrected chi connectivity index (χ3v) is 6.44. The molecule has 4 rings (SSSR count). The summed E-state index contributed by atoms with van der Waals surface area (Å²) in [4.78, 5) is 34.1. The summed E-state index contributed by atoms with van der Waals surface area (Å²) in [6, 6.07) is 9.65. The Balaban J connectivity index is 1.59. The first kappa shape index (κ1) is 23.6. The lowest BCUT2D eigenvalue weighted by Crippen LogP contribution is -2.37. The molecule has 0 saturated heterocycles. The number of thiophene rings is 1. The number of carbonyl (C=O) groups excluding carboxylic acids is 2. The quantitative estimate of drug-likeness (QED) is 0.351. The molecule has 0 fully saturated rings. The Hall–Kier alpha value is -3.59. The van der Waals surface area contributed by atoms with E-state index in [0.717, 1.165) is 15.3 Å². The molecule has 0 aliphatic heterocycles. The van der Waals surface area contributed by atoms with E-state index in [-0.39, 0.29) is 23.6 Å². The SMILES string of the molecule is Cc1cc(-c2cc(C(=O)OC(C)C(=O)N(C)Cc3cccc(F)c3)c3c(C)noc3n2)c(C)s1. The summed E-state index contributed by atoms with van der Waals surface area (Å²) in [6.07, 6.45) is -1.05. The van der Waals surface area contributed by atoms with Gasteiger partial charge in [-0.3, -0.25) is 4.79 Å². The first-order valence-corrected chi connectivity index (χ1v) is 11.5. The molecule has 3 aromatic heterocycles. The Morgan fingerprint density at radius 1 is 1.21 bits per heavy atom. The van der Waals surface area contributed by atoms with Gasteiger partial charge in [-0.1, -0.05) is 17.3 Å². The lowest BCUT2D eigenvalue weighted by molar-refractivity contribution is -0.139. The molecule has 1 aromatic carbocycles. The van der Waals surface area contributed by atoms with Crippen molar-refractivity contribution in [3.63, 3.8) is 0 Å². The Morgan fingerprint density at radius 3 is 2.65 bits per heavy atom. The molecule has 0 bridgehead atoms. The molecule has 0 spiro atoms. The summed E-state index contributed by atoms with van der Waals surface area (Å²) in [5.41, 5.74) is 3.06. The Bertz CT molecular complexity index is 1390. The second-order valence-electron chi connectivity index (χ2n) is 8.20. The molecule has 0 saturated carbocycles. The maximum atomic E-state index is 13.5. The van der Waals surface area contributed by atoms with Crippen LogP contribution in [0.4, 0.5) is 4.39 Å². The van der Waals surface area contributed by atoms with E-state index in [9.17, 15) is 14.0 Å². The van der Waals surface area contributed by atoms with Crippen LogP contribution < -0.4 is 0 Å². The van der Waals surface area contributed by atoms with Crippen LogP contribution in [0.3, 0.4) is 0 Å². The van der Waals surface area contributed by atoms with Crippen LogP contribution in [0.25, 0.3) is 22.4 Å². The van der Waals surface area contributed by atoms with Gasteiger partial charge in [-0.15, -0.1) is 11.3 Å². The fourth-order valence-electron chi connectivity index (χ4n) is 3.85. The number of likely N-dealkylation sites (N-methyl/N-ethyl adjacent to an activating group) is 1. The summed E-state index contributed by atoms with van der Waals surface area (Å²) in [7, 11) is 1.58. The van der Waals surface area contributed by atoms with Crippen molar-refractivity contribution in [1.82, 2.24) is 15.0 Å². The van der Waals surface area contributed by atoms with Crippen molar-refractivity contribution in [3.8, 4) is 11.3 Å². The van der Waals surface area contributed by atoms with Gasteiger partial charge in [-0.2, -0.15) is 0 Å². The van der Waals surface area contributed by atoms with Gasteiger partial charge in [0, 0.05) is 28.9 Å². The van der Waals surface area contributed by atoms with Gasteiger partial charge in [0.25, 0.3) is 11.6 Å². The minimum absolute atomic E-state index is 0.184. The van der Waals surface area contributed by atoms with Gasteiger partial charge in [-0.05, 0) is 57.5 Å². The van der Waals surface area contributed by atoms with Gasteiger partial charge in [0.1, 0.15) is 5.82 Å². The standard InChI is InChI=1S/C25H24FN3O4S/c1-13-9-19(16(4)34-13)21-11-20(22-14(2)28-33-23(22)27-21)25(31)32-15(3)24(30)29(5)12-17-7-6-8-18(26)10-17/h6-11,15H,12H2,1-5H3. The number of carbonyl (C=O) groups is 2. The molecule has 9 heteroatoms. The summed E-state index contributed by atoms with van der Waals surface area (Å²) in [5.74, 6) is -1.46. The van der Waals surface area contributed by atoms with Gasteiger partial charge in [0.05, 0.1) is 22.3 Å². The van der Waals surface area contributed by atoms with Crippen LogP contribution in [-0.2, 0) is 16.1 Å². The number of ether oxygens (including phenoxy) is 1. The molecule has 1 atom stereocenters. The number of rotatable bonds is 6. The monoisotopic (exact) mass is 481 g/mol. The van der Waals surface area contributed by atoms with Crippen LogP contribution in [0, 0.1) is 26.6 Å². The largest absolute Gasteiger partial charge is 0.449 e. The molecule has 1 unspecified atom stereocenters. The summed E-state index contributed by atoms with van der Waals surface area (Å²) in [6.45, 7) is 7.39. The van der Waals surface area contributed by atoms with E-state index in [1.54, 1.807) is 43.5 Å². The third kappa shape index (κ3) is 4.70. The van der Waals surface area contributed by atoms with Crippen molar-refractivity contribution < 1.29 is 23.2 Å². The second kappa shape index (κ2) is 9.34. The fraction of sp³-hybridized carbons (Fsp3) is 0.280. The number of hydrogen-bond donors (Lipinski definition) is 0. The van der Waals surface area contributed by atoms with E-state index in [1.165, 1.54) is 24.0 Å². The number of hydrogen-bond acceptors (Lipinski definition) is 7. The summed E-state index contributed by atoms with van der Waals surface area (Å²) in [5, 5.41) is 4.40. The molecular weight excluding hydrogens is 457 g/mol. The maximum absolute atomic E-state index is 13.5. The van der Waals surface area contributed by atoms with Crippen molar-refractivity contribution in [2.24, 2.45) is 0 Å². The van der Waals surface area contributed by atoms with Crippen LogP contribution in [0.1, 0.15) is 38.3 Å². The van der Waals surface area contributed by atoms with Crippen molar-refractivity contribution in [2.75, 3.05) is 7.05 Å². The highest BCUT2D eigenvalue weighted by Gasteiger charge is 2.26. The number of amides is 1. The van der Waals surface area contributed by atoms with Crippen molar-refractivity contribution >= 4 is 34.3 Å². The van der Waals surface area contributed by atoms with E-state index in [0.29, 0.717) is 22.3 Å². The zero-order valence-corrected chi connectivity index (χ0v) is 20.3. The van der Waals surface area contributed by atoms with E-state index < -0.39 is 18.0 Å². The van der Waals surface area contributed by atoms with E-state index in [1.807, 2.05) is 19.9 Å². The highest BCUT2D eigenvalue weighted by Crippen LogP contribution is 2.33. The average Bonchev–Trinajstić information content (AvgIpc) is 3.33. The van der Waals surface area contributed by atoms with E-state index in [2.05, 4.69) is 10.1 Å². The van der Waals surface area contributed by atoms with E-state index >= 15 is 0 Å². The molecule has 0 aliphatic rings. The predicted molar refractivity (Wildman–Crippen MR) is 127 cm³/mol. The highest BCUT2D eigenvalue weighted by atomic mass is 32.1. The normalized spacial score (nSPS) is 12.1. The van der Waals surface area contributed by atoms with Crippen LogP contribution in [0.15, 0.2) is 40.9 Å². The van der Waals surface area contributed by atoms with Gasteiger partial charge in [0.15, 0.2) is 6.10 Å². The minimum Gasteiger partial charge on any atom is -0.449 e. The van der Waals surface area contributed by atoms with Crippen LogP contribution in [0.5, 0.6) is 0 Å². The van der Waals surface area contributed by atoms with Crippen LogP contribution >= 0.6 is 11.3 Å². The number of aryl methyl sites for hydroxylation is 3. The first-order valence-electron chi connectivity index (χ1n) is 10.7. The molecule has 176 valence electrons. The number of halogens is 1. The summed E-state index contributed by atoms with van der Waals surface area (Å²) < 4.78 is 24.3. The molecular formula is C25H24FN3O4S. The lowest BCUT2D eigenvalue weighted by Gasteiger charge is -2.21. The fourth-order valence-corrected chi connectivity index (χ4v) is 4.78. The average molecular weight is 482 g/mol. The molecule has 34 heavy (non-hydrogen) atoms. The highest BCUT2D eigenvalue weighted by molar-refractivity contribution is 7.12. The molecule has 4 aromatic rings. The topological polar surface area (TPSA) is 85.5 Å². The minimum atomic E-state index is -1.05. The number of esters is 1. The van der Waals surface area contributed by atoms with Crippen molar-refractivity contribution in [1.29, 1.82) is 0 Å². The molecule has 3 heterocycles. The van der Waals surface area contributed by atoms with Gasteiger partial charge >= 0.3 is 5.97 Å². The zero-order valence-electron chi connectivity index (χ0n) is 19.5. The number of nitrogens with zero attached hydrogens (tertiary/aromatic N) is 3. The predicted octanol–water partition coefficient (Wildman–Crippen LogP) is 5.22. The zero-order chi connectivity index (χ0) is 24.6. The Morgan fingerprint density at radius 2 is 1.97 bits per heavy atom. The van der Waals surface area contributed by atoms with Crippen LogP contribution in [0.2, 0.25) is 0 Å². The number of benzene rings is 1. The maximum Gasteiger partial charge on any atom is 0.339 e. The second-order valence-corrected chi connectivity index (χ2v) is 9.66. The lowest BCUT2D eigenvalue weighted by atomic mass is 10.1. The van der Waals surface area contributed by atoms with Crippen LogP contribution in [-0.4, -0.2) is 40.1 Å². The number of pyridine rings is 1. The van der Waals surface area contributed by atoms with E-state index in [4.69, 9.17) is 9.26 Å². The smallest absolute Gasteiger partial charge is 0.339 e. The summed E-state index contributed by atoms with van der Waals surface area (Å²) >= 11 is 1.63. The Labute approximate surface area is 200 Å². The third-order valence-electron chi connectivity index (χ3n) is 5.47. The van der Waals surface area contributed by atoms with Gasteiger partial charge in [0.2, 0.25) is 0 Å². The number of fused-ring (bicyclic) bond motifs is 1. The van der Waals surface area contributed by atoms with Gasteiger partial charge < -0.3 is 14.2 Å². The molecule has 0 N–H and O–H groups in total. The van der Waals surface area contributed by atoms with Gasteiger partial charge in [-0.25, -0.2) is 14.2 Å². The molecule has 7 nitrogen and oxygen atoms in total.